The van der Waals surface area contributed by atoms with E-state index in [2.05, 4.69) is 4.74 Å². The van der Waals surface area contributed by atoms with Crippen molar-refractivity contribution in [3.63, 3.8) is 0 Å². The van der Waals surface area contributed by atoms with E-state index in [9.17, 15) is 14.7 Å². The molecule has 0 saturated heterocycles. The van der Waals surface area contributed by atoms with E-state index in [1.165, 1.54) is 7.11 Å². The summed E-state index contributed by atoms with van der Waals surface area (Å²) in [5.74, 6) is -1.05. The molecule has 0 heterocycles. The number of aryl methyl sites for hydroxylation is 1. The first kappa shape index (κ1) is 13.5. The lowest BCUT2D eigenvalue weighted by molar-refractivity contribution is -0.160. The van der Waals surface area contributed by atoms with E-state index in [1.54, 1.807) is 30.3 Å². The molecule has 0 saturated carbocycles. The predicted octanol–water partition coefficient (Wildman–Crippen LogP) is 1.64. The summed E-state index contributed by atoms with van der Waals surface area (Å²) in [4.78, 5) is 23.8. The SMILES string of the molecule is COC(=O)C(O)(C1=CCCC1=O)c1ccc(C)cc1. The highest BCUT2D eigenvalue weighted by Gasteiger charge is 2.46. The Bertz CT molecular complexity index is 542. The van der Waals surface area contributed by atoms with Gasteiger partial charge in [-0.25, -0.2) is 4.79 Å². The standard InChI is InChI=1S/C15H16O4/c1-10-6-8-11(9-7-10)15(18,14(17)19-2)12-4-3-5-13(12)16/h4,6-9,18H,3,5H2,1-2H3. The number of aliphatic hydroxyl groups is 1. The number of hydrogen-bond acceptors (Lipinski definition) is 4. The zero-order valence-corrected chi connectivity index (χ0v) is 11.0. The van der Waals surface area contributed by atoms with Crippen molar-refractivity contribution >= 4 is 11.8 Å². The number of rotatable bonds is 3. The third-order valence-electron chi connectivity index (χ3n) is 3.36. The maximum atomic E-state index is 12.0. The molecule has 1 atom stereocenters. The lowest BCUT2D eigenvalue weighted by Gasteiger charge is -2.26. The molecule has 4 nitrogen and oxygen atoms in total. The zero-order valence-electron chi connectivity index (χ0n) is 11.0. The van der Waals surface area contributed by atoms with Crippen LogP contribution in [0.1, 0.15) is 24.0 Å². The average molecular weight is 260 g/mol. The summed E-state index contributed by atoms with van der Waals surface area (Å²) in [6.45, 7) is 1.90. The molecular weight excluding hydrogens is 244 g/mol. The molecule has 100 valence electrons. The van der Waals surface area contributed by atoms with Crippen molar-refractivity contribution in [2.45, 2.75) is 25.4 Å². The molecule has 1 aliphatic rings. The maximum Gasteiger partial charge on any atom is 0.347 e. The van der Waals surface area contributed by atoms with Gasteiger partial charge in [-0.15, -0.1) is 0 Å². The van der Waals surface area contributed by atoms with E-state index >= 15 is 0 Å². The average Bonchev–Trinajstić information content (AvgIpc) is 2.84. The van der Waals surface area contributed by atoms with Crippen molar-refractivity contribution in [3.05, 3.63) is 47.0 Å². The van der Waals surface area contributed by atoms with Crippen LogP contribution in [0.5, 0.6) is 0 Å². The number of Topliss-reactive ketones (excluding diaryl/α,β-unsaturated/α-hetero) is 1. The fourth-order valence-electron chi connectivity index (χ4n) is 2.27. The monoisotopic (exact) mass is 260 g/mol. The number of benzene rings is 1. The van der Waals surface area contributed by atoms with Crippen LogP contribution in [0.25, 0.3) is 0 Å². The Labute approximate surface area is 111 Å². The van der Waals surface area contributed by atoms with E-state index in [0.717, 1.165) is 5.56 Å². The molecule has 1 N–H and O–H groups in total. The first-order chi connectivity index (χ1) is 9.00. The van der Waals surface area contributed by atoms with Gasteiger partial charge in [-0.1, -0.05) is 35.9 Å². The maximum absolute atomic E-state index is 12.0. The van der Waals surface area contributed by atoms with Gasteiger partial charge >= 0.3 is 5.97 Å². The molecule has 0 aliphatic heterocycles. The largest absolute Gasteiger partial charge is 0.466 e. The third-order valence-corrected chi connectivity index (χ3v) is 3.36. The van der Waals surface area contributed by atoms with Crippen LogP contribution in [0.4, 0.5) is 0 Å². The van der Waals surface area contributed by atoms with Gasteiger partial charge in [0, 0.05) is 12.0 Å². The fourth-order valence-corrected chi connectivity index (χ4v) is 2.27. The molecule has 0 spiro atoms. The van der Waals surface area contributed by atoms with Crippen molar-refractivity contribution < 1.29 is 19.4 Å². The number of carbonyl (C=O) groups excluding carboxylic acids is 2. The highest BCUT2D eigenvalue weighted by molar-refractivity contribution is 6.06. The highest BCUT2D eigenvalue weighted by Crippen LogP contribution is 2.35. The van der Waals surface area contributed by atoms with Gasteiger partial charge in [0.05, 0.1) is 7.11 Å². The van der Waals surface area contributed by atoms with Crippen LogP contribution in [0.2, 0.25) is 0 Å². The minimum Gasteiger partial charge on any atom is -0.466 e. The Morgan fingerprint density at radius 1 is 1.32 bits per heavy atom. The molecular formula is C15H16O4. The lowest BCUT2D eigenvalue weighted by atomic mass is 9.84. The van der Waals surface area contributed by atoms with Gasteiger partial charge in [-0.3, -0.25) is 4.79 Å². The van der Waals surface area contributed by atoms with E-state index < -0.39 is 11.6 Å². The van der Waals surface area contributed by atoms with Gasteiger partial charge in [0.25, 0.3) is 0 Å². The summed E-state index contributed by atoms with van der Waals surface area (Å²) in [6, 6.07) is 6.84. The van der Waals surface area contributed by atoms with Crippen LogP contribution in [-0.4, -0.2) is 24.0 Å². The predicted molar refractivity (Wildman–Crippen MR) is 69.4 cm³/mol. The molecule has 0 radical (unpaired) electrons. The number of hydrogen-bond donors (Lipinski definition) is 1. The number of allylic oxidation sites excluding steroid dienone is 1. The molecule has 0 aromatic heterocycles. The quantitative estimate of drug-likeness (QED) is 0.839. The van der Waals surface area contributed by atoms with Gasteiger partial charge in [-0.2, -0.15) is 0 Å². The Hall–Kier alpha value is -1.94. The van der Waals surface area contributed by atoms with Gasteiger partial charge in [0.15, 0.2) is 5.78 Å². The minimum absolute atomic E-state index is 0.114. The first-order valence-corrected chi connectivity index (χ1v) is 6.12. The zero-order chi connectivity index (χ0) is 14.0. The molecule has 1 aliphatic carbocycles. The fraction of sp³-hybridized carbons (Fsp3) is 0.333. The third kappa shape index (κ3) is 2.19. The number of ether oxygens (including phenoxy) is 1. The molecule has 19 heavy (non-hydrogen) atoms. The van der Waals surface area contributed by atoms with Gasteiger partial charge in [0.2, 0.25) is 5.60 Å². The molecule has 4 heteroatoms. The van der Waals surface area contributed by atoms with Crippen LogP contribution < -0.4 is 0 Å². The summed E-state index contributed by atoms with van der Waals surface area (Å²) in [5, 5.41) is 10.7. The molecule has 1 aromatic carbocycles. The topological polar surface area (TPSA) is 63.6 Å². The molecule has 0 bridgehead atoms. The van der Waals surface area contributed by atoms with Gasteiger partial charge < -0.3 is 9.84 Å². The normalized spacial score (nSPS) is 17.8. The summed E-state index contributed by atoms with van der Waals surface area (Å²) >= 11 is 0. The molecule has 1 unspecified atom stereocenters. The smallest absolute Gasteiger partial charge is 0.347 e. The molecule has 2 rings (SSSR count). The van der Waals surface area contributed by atoms with E-state index in [-0.39, 0.29) is 11.4 Å². The second kappa shape index (κ2) is 4.97. The highest BCUT2D eigenvalue weighted by atomic mass is 16.5. The summed E-state index contributed by atoms with van der Waals surface area (Å²) < 4.78 is 4.68. The number of carbonyl (C=O) groups is 2. The van der Waals surface area contributed by atoms with Crippen molar-refractivity contribution in [1.29, 1.82) is 0 Å². The van der Waals surface area contributed by atoms with Crippen LogP contribution in [0.15, 0.2) is 35.9 Å². The van der Waals surface area contributed by atoms with Crippen molar-refractivity contribution in [1.82, 2.24) is 0 Å². The van der Waals surface area contributed by atoms with E-state index in [0.29, 0.717) is 18.4 Å². The summed E-state index contributed by atoms with van der Waals surface area (Å²) in [7, 11) is 1.20. The van der Waals surface area contributed by atoms with Crippen LogP contribution in [-0.2, 0) is 19.9 Å². The Morgan fingerprint density at radius 2 is 1.95 bits per heavy atom. The Morgan fingerprint density at radius 3 is 2.42 bits per heavy atom. The number of ketones is 1. The molecule has 0 amide bonds. The van der Waals surface area contributed by atoms with Crippen molar-refractivity contribution in [3.8, 4) is 0 Å². The minimum atomic E-state index is -2.00. The number of esters is 1. The van der Waals surface area contributed by atoms with Crippen molar-refractivity contribution in [2.24, 2.45) is 0 Å². The van der Waals surface area contributed by atoms with Crippen LogP contribution in [0, 0.1) is 6.92 Å². The van der Waals surface area contributed by atoms with Crippen LogP contribution >= 0.6 is 0 Å². The van der Waals surface area contributed by atoms with Gasteiger partial charge in [0.1, 0.15) is 0 Å². The molecule has 1 aromatic rings. The van der Waals surface area contributed by atoms with Gasteiger partial charge in [-0.05, 0) is 18.9 Å². The number of methoxy groups -OCH3 is 1. The second-order valence-electron chi connectivity index (χ2n) is 4.65. The summed E-state index contributed by atoms with van der Waals surface area (Å²) in [6.07, 6.45) is 2.47. The Kier molecular flexibility index (Phi) is 3.53. The lowest BCUT2D eigenvalue weighted by Crippen LogP contribution is -2.40. The summed E-state index contributed by atoms with van der Waals surface area (Å²) in [5.41, 5.74) is -0.534. The van der Waals surface area contributed by atoms with Crippen molar-refractivity contribution in [2.75, 3.05) is 7.11 Å². The second-order valence-corrected chi connectivity index (χ2v) is 4.65. The van der Waals surface area contributed by atoms with E-state index in [1.807, 2.05) is 6.92 Å². The van der Waals surface area contributed by atoms with Crippen LogP contribution in [0.3, 0.4) is 0 Å². The molecule has 0 fully saturated rings. The van der Waals surface area contributed by atoms with E-state index in [4.69, 9.17) is 0 Å². The Balaban J connectivity index is 2.55. The first-order valence-electron chi connectivity index (χ1n) is 6.12.